The van der Waals surface area contributed by atoms with Crippen molar-refractivity contribution in [3.63, 3.8) is 0 Å². The van der Waals surface area contributed by atoms with Gasteiger partial charge < -0.3 is 13.7 Å². The number of methoxy groups -OCH3 is 1. The van der Waals surface area contributed by atoms with E-state index in [4.69, 9.17) is 20.8 Å². The molecule has 0 bridgehead atoms. The van der Waals surface area contributed by atoms with Gasteiger partial charge in [0.1, 0.15) is 17.3 Å². The zero-order valence-corrected chi connectivity index (χ0v) is 12.6. The van der Waals surface area contributed by atoms with Crippen molar-refractivity contribution < 1.29 is 9.15 Å². The highest BCUT2D eigenvalue weighted by molar-refractivity contribution is 6.17. The first kappa shape index (κ1) is 14.0. The average Bonchev–Trinajstić information content (AvgIpc) is 3.12. The Morgan fingerprint density at radius 3 is 2.90 bits per heavy atom. The second-order valence-corrected chi connectivity index (χ2v) is 5.18. The minimum absolute atomic E-state index is 0.557. The van der Waals surface area contributed by atoms with Crippen molar-refractivity contribution in [1.82, 2.24) is 9.55 Å². The fourth-order valence-electron chi connectivity index (χ4n) is 2.48. The third-order valence-electron chi connectivity index (χ3n) is 3.51. The van der Waals surface area contributed by atoms with Crippen molar-refractivity contribution >= 4 is 22.6 Å². The largest absolute Gasteiger partial charge is 0.497 e. The lowest BCUT2D eigenvalue weighted by atomic mass is 10.2. The van der Waals surface area contributed by atoms with Crippen molar-refractivity contribution in [1.29, 1.82) is 0 Å². The second-order valence-electron chi connectivity index (χ2n) is 4.80. The van der Waals surface area contributed by atoms with Crippen molar-refractivity contribution in [3.05, 3.63) is 48.2 Å². The molecular weight excluding hydrogens is 288 g/mol. The van der Waals surface area contributed by atoms with E-state index in [1.807, 2.05) is 30.3 Å². The van der Waals surface area contributed by atoms with Crippen LogP contribution in [0.15, 0.2) is 41.0 Å². The van der Waals surface area contributed by atoms with Gasteiger partial charge in [-0.2, -0.15) is 0 Å². The molecule has 21 heavy (non-hydrogen) atoms. The summed E-state index contributed by atoms with van der Waals surface area (Å²) in [7, 11) is 1.67. The molecule has 0 aliphatic carbocycles. The molecule has 2 aromatic heterocycles. The molecule has 0 amide bonds. The number of alkyl halides is 1. The smallest absolute Gasteiger partial charge is 0.121 e. The minimum atomic E-state index is 0.557. The van der Waals surface area contributed by atoms with E-state index in [1.54, 1.807) is 13.4 Å². The Morgan fingerprint density at radius 2 is 2.19 bits per heavy atom. The number of ether oxygens (including phenoxy) is 1. The maximum Gasteiger partial charge on any atom is 0.121 e. The molecule has 0 aliphatic rings. The highest BCUT2D eigenvalue weighted by Crippen LogP contribution is 2.23. The normalized spacial score (nSPS) is 11.1. The van der Waals surface area contributed by atoms with Gasteiger partial charge in [0.15, 0.2) is 0 Å². The number of nitrogens with zero attached hydrogens (tertiary/aromatic N) is 2. The molecule has 0 unspecified atom stereocenters. The lowest BCUT2D eigenvalue weighted by Crippen LogP contribution is -2.06. The SMILES string of the molecule is COc1ccc2nc(CCCl)n(CCc3ccco3)c2c1. The van der Waals surface area contributed by atoms with Crippen molar-refractivity contribution in [2.75, 3.05) is 13.0 Å². The van der Waals surface area contributed by atoms with E-state index < -0.39 is 0 Å². The van der Waals surface area contributed by atoms with Gasteiger partial charge in [0.05, 0.1) is 24.4 Å². The van der Waals surface area contributed by atoms with Gasteiger partial charge in [-0.3, -0.25) is 0 Å². The summed E-state index contributed by atoms with van der Waals surface area (Å²) in [5, 5.41) is 0. The quantitative estimate of drug-likeness (QED) is 0.652. The van der Waals surface area contributed by atoms with Gasteiger partial charge in [0.25, 0.3) is 0 Å². The van der Waals surface area contributed by atoms with Gasteiger partial charge in [-0.1, -0.05) is 0 Å². The molecule has 4 nitrogen and oxygen atoms in total. The van der Waals surface area contributed by atoms with Crippen LogP contribution in [0.25, 0.3) is 11.0 Å². The molecule has 0 fully saturated rings. The lowest BCUT2D eigenvalue weighted by Gasteiger charge is -2.08. The van der Waals surface area contributed by atoms with Crippen LogP contribution in [-0.2, 0) is 19.4 Å². The molecule has 2 heterocycles. The number of halogens is 1. The first-order valence-electron chi connectivity index (χ1n) is 6.93. The van der Waals surface area contributed by atoms with Crippen LogP contribution in [0.4, 0.5) is 0 Å². The molecule has 0 aliphatic heterocycles. The van der Waals surface area contributed by atoms with Gasteiger partial charge in [0, 0.05) is 31.3 Å². The van der Waals surface area contributed by atoms with E-state index in [0.29, 0.717) is 5.88 Å². The monoisotopic (exact) mass is 304 g/mol. The Hall–Kier alpha value is -1.94. The summed E-state index contributed by atoms with van der Waals surface area (Å²) >= 11 is 5.90. The van der Waals surface area contributed by atoms with Gasteiger partial charge in [0.2, 0.25) is 0 Å². The van der Waals surface area contributed by atoms with Crippen LogP contribution in [0.2, 0.25) is 0 Å². The van der Waals surface area contributed by atoms with Crippen LogP contribution in [0.1, 0.15) is 11.6 Å². The van der Waals surface area contributed by atoms with Crippen LogP contribution in [0.3, 0.4) is 0 Å². The Balaban J connectivity index is 1.97. The summed E-state index contributed by atoms with van der Waals surface area (Å²) in [6.07, 6.45) is 3.27. The third-order valence-corrected chi connectivity index (χ3v) is 3.70. The van der Waals surface area contributed by atoms with E-state index in [2.05, 4.69) is 9.55 Å². The molecule has 5 heteroatoms. The number of aromatic nitrogens is 2. The van der Waals surface area contributed by atoms with Crippen LogP contribution in [0, 0.1) is 0 Å². The van der Waals surface area contributed by atoms with Crippen LogP contribution in [0.5, 0.6) is 5.75 Å². The number of benzene rings is 1. The maximum atomic E-state index is 5.90. The van der Waals surface area contributed by atoms with Crippen LogP contribution >= 0.6 is 11.6 Å². The number of fused-ring (bicyclic) bond motifs is 1. The number of rotatable bonds is 6. The number of hydrogen-bond donors (Lipinski definition) is 0. The summed E-state index contributed by atoms with van der Waals surface area (Å²) in [4.78, 5) is 4.67. The molecular formula is C16H17ClN2O2. The topological polar surface area (TPSA) is 40.2 Å². The van der Waals surface area contributed by atoms with E-state index in [1.165, 1.54) is 0 Å². The van der Waals surface area contributed by atoms with Crippen LogP contribution in [-0.4, -0.2) is 22.5 Å². The molecule has 1 aromatic carbocycles. The van der Waals surface area contributed by atoms with Gasteiger partial charge in [-0.15, -0.1) is 11.6 Å². The first-order valence-corrected chi connectivity index (χ1v) is 7.47. The molecule has 0 saturated heterocycles. The molecule has 3 rings (SSSR count). The predicted molar refractivity (Wildman–Crippen MR) is 83.1 cm³/mol. The number of furan rings is 1. The van der Waals surface area contributed by atoms with Crippen molar-refractivity contribution in [2.45, 2.75) is 19.4 Å². The van der Waals surface area contributed by atoms with Gasteiger partial charge >= 0.3 is 0 Å². The predicted octanol–water partition coefficient (Wildman–Crippen LogP) is 3.66. The van der Waals surface area contributed by atoms with E-state index in [9.17, 15) is 0 Å². The van der Waals surface area contributed by atoms with E-state index in [0.717, 1.165) is 47.8 Å². The zero-order valence-electron chi connectivity index (χ0n) is 11.9. The lowest BCUT2D eigenvalue weighted by molar-refractivity contribution is 0.415. The Kier molecular flexibility index (Phi) is 4.15. The zero-order chi connectivity index (χ0) is 14.7. The van der Waals surface area contributed by atoms with E-state index in [-0.39, 0.29) is 0 Å². The number of hydrogen-bond acceptors (Lipinski definition) is 3. The maximum absolute atomic E-state index is 5.90. The van der Waals surface area contributed by atoms with Crippen LogP contribution < -0.4 is 4.74 Å². The van der Waals surface area contributed by atoms with Crippen molar-refractivity contribution in [2.24, 2.45) is 0 Å². The molecule has 110 valence electrons. The average molecular weight is 305 g/mol. The number of imidazole rings is 1. The fourth-order valence-corrected chi connectivity index (χ4v) is 2.65. The molecule has 0 atom stereocenters. The molecule has 3 aromatic rings. The molecule has 0 saturated carbocycles. The highest BCUT2D eigenvalue weighted by Gasteiger charge is 2.11. The number of aryl methyl sites for hydroxylation is 3. The van der Waals surface area contributed by atoms with E-state index >= 15 is 0 Å². The Labute approximate surface area is 128 Å². The molecule has 0 N–H and O–H groups in total. The van der Waals surface area contributed by atoms with Gasteiger partial charge in [-0.05, 0) is 24.3 Å². The van der Waals surface area contributed by atoms with Crippen molar-refractivity contribution in [3.8, 4) is 5.75 Å². The molecule has 0 spiro atoms. The standard InChI is InChI=1S/C16H17ClN2O2/c1-20-13-4-5-14-15(11-13)19(16(18-14)6-8-17)9-7-12-3-2-10-21-12/h2-5,10-11H,6-9H2,1H3. The summed E-state index contributed by atoms with van der Waals surface area (Å²) in [6.45, 7) is 0.809. The third kappa shape index (κ3) is 2.90. The summed E-state index contributed by atoms with van der Waals surface area (Å²) in [5.41, 5.74) is 2.04. The Bertz CT molecular complexity index is 719. The summed E-state index contributed by atoms with van der Waals surface area (Å²) in [6, 6.07) is 9.82. The fraction of sp³-hybridized carbons (Fsp3) is 0.312. The first-order chi connectivity index (χ1) is 10.3. The highest BCUT2D eigenvalue weighted by atomic mass is 35.5. The minimum Gasteiger partial charge on any atom is -0.497 e. The molecule has 0 radical (unpaired) electrons. The summed E-state index contributed by atoms with van der Waals surface area (Å²) in [5.74, 6) is 3.36. The Morgan fingerprint density at radius 1 is 1.29 bits per heavy atom. The second kappa shape index (κ2) is 6.22. The summed E-state index contributed by atoms with van der Waals surface area (Å²) < 4.78 is 12.9. The van der Waals surface area contributed by atoms with Gasteiger partial charge in [-0.25, -0.2) is 4.98 Å².